The molecular weight excluding hydrogens is 210 g/mol. The van der Waals surface area contributed by atoms with Gasteiger partial charge in [0.1, 0.15) is 5.75 Å². The zero-order chi connectivity index (χ0) is 11.9. The maximum Gasteiger partial charge on any atom is 0.118 e. The van der Waals surface area contributed by atoms with Crippen molar-refractivity contribution in [1.29, 1.82) is 0 Å². The van der Waals surface area contributed by atoms with Crippen LogP contribution in [0.2, 0.25) is 0 Å². The third kappa shape index (κ3) is 4.04. The third-order valence-electron chi connectivity index (χ3n) is 3.55. The molecule has 0 unspecified atom stereocenters. The number of methoxy groups -OCH3 is 1. The summed E-state index contributed by atoms with van der Waals surface area (Å²) in [6.45, 7) is 3.87. The average molecular weight is 233 g/mol. The van der Waals surface area contributed by atoms with Crippen LogP contribution in [0.25, 0.3) is 0 Å². The molecule has 0 bridgehead atoms. The molecule has 1 fully saturated rings. The molecule has 2 rings (SSSR count). The van der Waals surface area contributed by atoms with Crippen LogP contribution in [0.3, 0.4) is 0 Å². The first-order valence-electron chi connectivity index (χ1n) is 6.74. The van der Waals surface area contributed by atoms with Gasteiger partial charge >= 0.3 is 0 Å². The van der Waals surface area contributed by atoms with E-state index < -0.39 is 0 Å². The molecule has 1 aliphatic rings. The Morgan fingerprint density at radius 3 is 2.41 bits per heavy atom. The summed E-state index contributed by atoms with van der Waals surface area (Å²) in [6, 6.07) is 8.45. The smallest absolute Gasteiger partial charge is 0.118 e. The van der Waals surface area contributed by atoms with Gasteiger partial charge in [-0.05, 0) is 63.0 Å². The number of ether oxygens (including phenoxy) is 1. The summed E-state index contributed by atoms with van der Waals surface area (Å²) in [5.41, 5.74) is 1.42. The molecule has 0 spiro atoms. The first-order valence-corrected chi connectivity index (χ1v) is 6.74. The van der Waals surface area contributed by atoms with Crippen LogP contribution in [0.15, 0.2) is 24.3 Å². The van der Waals surface area contributed by atoms with E-state index in [0.717, 1.165) is 5.75 Å². The second kappa shape index (κ2) is 6.65. The fourth-order valence-corrected chi connectivity index (χ4v) is 2.48. The Labute approximate surface area is 105 Å². The Balaban J connectivity index is 1.69. The number of benzene rings is 1. The van der Waals surface area contributed by atoms with Crippen molar-refractivity contribution in [3.63, 3.8) is 0 Å². The normalized spacial score (nSPS) is 17.0. The minimum absolute atomic E-state index is 0.949. The monoisotopic (exact) mass is 233 g/mol. The van der Waals surface area contributed by atoms with Crippen molar-refractivity contribution in [3.8, 4) is 5.75 Å². The molecule has 0 amide bonds. The first kappa shape index (κ1) is 12.4. The molecule has 0 saturated carbocycles. The average Bonchev–Trinajstić information content (AvgIpc) is 2.41. The zero-order valence-electron chi connectivity index (χ0n) is 10.8. The van der Waals surface area contributed by atoms with Crippen molar-refractivity contribution in [2.24, 2.45) is 0 Å². The van der Waals surface area contributed by atoms with Crippen molar-refractivity contribution >= 4 is 0 Å². The maximum absolute atomic E-state index is 5.16. The van der Waals surface area contributed by atoms with Gasteiger partial charge in [0.15, 0.2) is 0 Å². The predicted molar refractivity (Wildman–Crippen MR) is 71.6 cm³/mol. The van der Waals surface area contributed by atoms with Crippen LogP contribution in [0.1, 0.15) is 31.2 Å². The molecule has 2 nitrogen and oxygen atoms in total. The highest BCUT2D eigenvalue weighted by molar-refractivity contribution is 5.27. The fourth-order valence-electron chi connectivity index (χ4n) is 2.48. The van der Waals surface area contributed by atoms with Gasteiger partial charge in [0.25, 0.3) is 0 Å². The molecule has 1 saturated heterocycles. The Kier molecular flexibility index (Phi) is 4.87. The molecule has 0 aliphatic carbocycles. The van der Waals surface area contributed by atoms with Crippen LogP contribution in [0.4, 0.5) is 0 Å². The lowest BCUT2D eigenvalue weighted by atomic mass is 10.1. The molecule has 1 aromatic carbocycles. The Bertz CT molecular complexity index is 314. The van der Waals surface area contributed by atoms with Crippen molar-refractivity contribution in [2.45, 2.75) is 32.1 Å². The largest absolute Gasteiger partial charge is 0.497 e. The summed E-state index contributed by atoms with van der Waals surface area (Å²) in [5.74, 6) is 0.949. The van der Waals surface area contributed by atoms with E-state index in [4.69, 9.17) is 4.74 Å². The minimum atomic E-state index is 0.949. The topological polar surface area (TPSA) is 12.5 Å². The zero-order valence-corrected chi connectivity index (χ0v) is 10.8. The van der Waals surface area contributed by atoms with Gasteiger partial charge in [0.05, 0.1) is 7.11 Å². The van der Waals surface area contributed by atoms with Crippen LogP contribution in [0, 0.1) is 0 Å². The Morgan fingerprint density at radius 1 is 1.06 bits per heavy atom. The van der Waals surface area contributed by atoms with Crippen LogP contribution in [0.5, 0.6) is 5.75 Å². The Hall–Kier alpha value is -1.02. The molecule has 1 aromatic rings. The van der Waals surface area contributed by atoms with E-state index in [1.54, 1.807) is 7.11 Å². The van der Waals surface area contributed by atoms with Crippen LogP contribution in [-0.2, 0) is 6.42 Å². The molecule has 0 aromatic heterocycles. The van der Waals surface area contributed by atoms with Crippen LogP contribution in [-0.4, -0.2) is 31.6 Å². The van der Waals surface area contributed by atoms with Crippen LogP contribution < -0.4 is 4.74 Å². The molecule has 1 aliphatic heterocycles. The molecule has 0 atom stereocenters. The molecular formula is C15H23NO. The summed E-state index contributed by atoms with van der Waals surface area (Å²) in [4.78, 5) is 2.60. The van der Waals surface area contributed by atoms with Gasteiger partial charge in [-0.25, -0.2) is 0 Å². The highest BCUT2D eigenvalue weighted by Gasteiger charge is 2.08. The molecule has 17 heavy (non-hydrogen) atoms. The lowest BCUT2D eigenvalue weighted by Gasteiger charge is -2.26. The van der Waals surface area contributed by atoms with Crippen molar-refractivity contribution in [2.75, 3.05) is 26.7 Å². The van der Waals surface area contributed by atoms with Gasteiger partial charge in [0, 0.05) is 0 Å². The summed E-state index contributed by atoms with van der Waals surface area (Å²) >= 11 is 0. The molecule has 0 N–H and O–H groups in total. The van der Waals surface area contributed by atoms with E-state index in [-0.39, 0.29) is 0 Å². The van der Waals surface area contributed by atoms with Crippen molar-refractivity contribution < 1.29 is 4.74 Å². The number of rotatable bonds is 5. The minimum Gasteiger partial charge on any atom is -0.497 e. The fraction of sp³-hybridized carbons (Fsp3) is 0.600. The lowest BCUT2D eigenvalue weighted by Crippen LogP contribution is -2.30. The number of hydrogen-bond acceptors (Lipinski definition) is 2. The Morgan fingerprint density at radius 2 is 1.76 bits per heavy atom. The number of piperidine rings is 1. The van der Waals surface area contributed by atoms with E-state index in [2.05, 4.69) is 29.2 Å². The van der Waals surface area contributed by atoms with Crippen molar-refractivity contribution in [1.82, 2.24) is 4.90 Å². The summed E-state index contributed by atoms with van der Waals surface area (Å²) in [5, 5.41) is 0. The number of hydrogen-bond donors (Lipinski definition) is 0. The van der Waals surface area contributed by atoms with Crippen LogP contribution >= 0.6 is 0 Å². The maximum atomic E-state index is 5.16. The van der Waals surface area contributed by atoms with E-state index in [1.807, 2.05) is 0 Å². The highest BCUT2D eigenvalue weighted by Crippen LogP contribution is 2.14. The molecule has 1 heterocycles. The summed E-state index contributed by atoms with van der Waals surface area (Å²) < 4.78 is 5.16. The van der Waals surface area contributed by atoms with Gasteiger partial charge in [-0.15, -0.1) is 0 Å². The van der Waals surface area contributed by atoms with Gasteiger partial charge in [-0.1, -0.05) is 18.6 Å². The summed E-state index contributed by atoms with van der Waals surface area (Å²) in [7, 11) is 1.71. The summed E-state index contributed by atoms with van der Waals surface area (Å²) in [6.07, 6.45) is 6.66. The predicted octanol–water partition coefficient (Wildman–Crippen LogP) is 3.11. The number of nitrogens with zero attached hydrogens (tertiary/aromatic N) is 1. The number of aryl methyl sites for hydroxylation is 1. The van der Waals surface area contributed by atoms with Gasteiger partial charge in [-0.3, -0.25) is 0 Å². The number of likely N-dealkylation sites (tertiary alicyclic amines) is 1. The first-order chi connectivity index (χ1) is 8.38. The second-order valence-corrected chi connectivity index (χ2v) is 4.85. The van der Waals surface area contributed by atoms with Gasteiger partial charge in [0.2, 0.25) is 0 Å². The standard InChI is InChI=1S/C15H23NO/c1-17-15-9-7-14(8-10-15)6-5-13-16-11-3-2-4-12-16/h7-10H,2-6,11-13H2,1H3. The van der Waals surface area contributed by atoms with E-state index in [9.17, 15) is 0 Å². The molecule has 2 heteroatoms. The van der Waals surface area contributed by atoms with Crippen molar-refractivity contribution in [3.05, 3.63) is 29.8 Å². The SMILES string of the molecule is COc1ccc(CCCN2CCCCC2)cc1. The van der Waals surface area contributed by atoms with Gasteiger partial charge in [-0.2, -0.15) is 0 Å². The second-order valence-electron chi connectivity index (χ2n) is 4.85. The quantitative estimate of drug-likeness (QED) is 0.775. The third-order valence-corrected chi connectivity index (χ3v) is 3.55. The molecule has 0 radical (unpaired) electrons. The lowest BCUT2D eigenvalue weighted by molar-refractivity contribution is 0.226. The highest BCUT2D eigenvalue weighted by atomic mass is 16.5. The van der Waals surface area contributed by atoms with Gasteiger partial charge < -0.3 is 9.64 Å². The van der Waals surface area contributed by atoms with E-state index in [0.29, 0.717) is 0 Å². The van der Waals surface area contributed by atoms with E-state index in [1.165, 1.54) is 57.3 Å². The molecule has 94 valence electrons. The van der Waals surface area contributed by atoms with E-state index >= 15 is 0 Å².